The smallest absolute Gasteiger partial charge is 0.140 e. The molecule has 0 bridgehead atoms. The van der Waals surface area contributed by atoms with Gasteiger partial charge in [0, 0.05) is 18.0 Å². The molecule has 4 nitrogen and oxygen atoms in total. The van der Waals surface area contributed by atoms with Gasteiger partial charge in [-0.15, -0.1) is 10.2 Å². The van der Waals surface area contributed by atoms with Gasteiger partial charge in [-0.2, -0.15) is 0 Å². The molecule has 1 atom stereocenters. The zero-order valence-electron chi connectivity index (χ0n) is 10.9. The lowest BCUT2D eigenvalue weighted by atomic mass is 9.81. The molecule has 1 saturated carbocycles. The molecule has 1 aromatic heterocycles. The molecule has 0 spiro atoms. The van der Waals surface area contributed by atoms with E-state index in [-0.39, 0.29) is 5.41 Å². The van der Waals surface area contributed by atoms with Gasteiger partial charge in [-0.1, -0.05) is 13.3 Å². The van der Waals surface area contributed by atoms with Crippen molar-refractivity contribution in [3.63, 3.8) is 0 Å². The van der Waals surface area contributed by atoms with Crippen LogP contribution in [-0.4, -0.2) is 27.9 Å². The largest absolute Gasteiger partial charge is 0.316 e. The Balaban J connectivity index is 2.00. The Morgan fingerprint density at radius 1 is 1.41 bits per heavy atom. The van der Waals surface area contributed by atoms with Gasteiger partial charge >= 0.3 is 0 Å². The van der Waals surface area contributed by atoms with Gasteiger partial charge in [-0.3, -0.25) is 0 Å². The van der Waals surface area contributed by atoms with Gasteiger partial charge in [-0.25, -0.2) is 0 Å². The predicted molar refractivity (Wildman–Crippen MR) is 67.1 cm³/mol. The van der Waals surface area contributed by atoms with Crippen molar-refractivity contribution in [3.8, 4) is 0 Å². The summed E-state index contributed by atoms with van der Waals surface area (Å²) < 4.78 is 2.42. The molecule has 2 aliphatic rings. The second-order valence-corrected chi connectivity index (χ2v) is 5.63. The molecule has 1 aliphatic carbocycles. The quantitative estimate of drug-likeness (QED) is 0.866. The third kappa shape index (κ3) is 1.79. The Morgan fingerprint density at radius 2 is 2.24 bits per heavy atom. The lowest BCUT2D eigenvalue weighted by Gasteiger charge is -2.27. The molecule has 3 rings (SSSR count). The molecule has 0 amide bonds. The Kier molecular flexibility index (Phi) is 2.69. The number of nitrogens with zero attached hydrogens (tertiary/aromatic N) is 3. The van der Waals surface area contributed by atoms with E-state index in [0.717, 1.165) is 18.9 Å². The van der Waals surface area contributed by atoms with E-state index < -0.39 is 0 Å². The average molecular weight is 234 g/mol. The summed E-state index contributed by atoms with van der Waals surface area (Å²) in [5.41, 5.74) is 0.249. The van der Waals surface area contributed by atoms with Gasteiger partial charge in [-0.05, 0) is 39.2 Å². The molecule has 2 heterocycles. The maximum absolute atomic E-state index is 4.52. The van der Waals surface area contributed by atoms with Crippen LogP contribution in [-0.2, 0) is 5.41 Å². The Labute approximate surface area is 103 Å². The number of nitrogens with one attached hydrogen (secondary N) is 1. The van der Waals surface area contributed by atoms with Crippen molar-refractivity contribution >= 4 is 0 Å². The van der Waals surface area contributed by atoms with Crippen molar-refractivity contribution in [3.05, 3.63) is 11.6 Å². The Hall–Kier alpha value is -0.900. The summed E-state index contributed by atoms with van der Waals surface area (Å²) >= 11 is 0. The van der Waals surface area contributed by atoms with Crippen LogP contribution in [0.25, 0.3) is 0 Å². The van der Waals surface area contributed by atoms with Crippen LogP contribution in [0.3, 0.4) is 0 Å². The number of rotatable bonds is 4. The minimum atomic E-state index is 0.249. The molecular weight excluding hydrogens is 212 g/mol. The summed E-state index contributed by atoms with van der Waals surface area (Å²) in [7, 11) is 0. The highest BCUT2D eigenvalue weighted by Gasteiger charge is 2.42. The molecule has 1 saturated heterocycles. The fourth-order valence-corrected chi connectivity index (χ4v) is 3.24. The average Bonchev–Trinajstić information content (AvgIpc) is 2.91. The van der Waals surface area contributed by atoms with Crippen LogP contribution < -0.4 is 5.32 Å². The molecule has 2 fully saturated rings. The lowest BCUT2D eigenvalue weighted by Crippen LogP contribution is -2.32. The SMILES string of the molecule is CCCC1(c2nnc(C)n2C2CC2)CCNC1. The van der Waals surface area contributed by atoms with Crippen LogP contribution >= 0.6 is 0 Å². The second kappa shape index (κ2) is 4.09. The highest BCUT2D eigenvalue weighted by molar-refractivity contribution is 5.17. The minimum absolute atomic E-state index is 0.249. The zero-order chi connectivity index (χ0) is 11.9. The first kappa shape index (κ1) is 11.2. The van der Waals surface area contributed by atoms with Gasteiger partial charge in [0.15, 0.2) is 0 Å². The summed E-state index contributed by atoms with van der Waals surface area (Å²) in [6, 6.07) is 0.689. The molecular formula is C13H22N4. The van der Waals surface area contributed by atoms with Crippen LogP contribution in [0.2, 0.25) is 0 Å². The molecule has 17 heavy (non-hydrogen) atoms. The highest BCUT2D eigenvalue weighted by Crippen LogP contribution is 2.42. The zero-order valence-corrected chi connectivity index (χ0v) is 10.9. The Bertz CT molecular complexity index is 400. The van der Waals surface area contributed by atoms with Gasteiger partial charge in [0.05, 0.1) is 0 Å². The lowest BCUT2D eigenvalue weighted by molar-refractivity contribution is 0.381. The molecule has 1 unspecified atom stereocenters. The van der Waals surface area contributed by atoms with Gasteiger partial charge < -0.3 is 9.88 Å². The van der Waals surface area contributed by atoms with E-state index in [9.17, 15) is 0 Å². The topological polar surface area (TPSA) is 42.7 Å². The second-order valence-electron chi connectivity index (χ2n) is 5.63. The van der Waals surface area contributed by atoms with Crippen molar-refractivity contribution in [1.82, 2.24) is 20.1 Å². The fraction of sp³-hybridized carbons (Fsp3) is 0.846. The summed E-state index contributed by atoms with van der Waals surface area (Å²) in [5, 5.41) is 12.4. The van der Waals surface area contributed by atoms with Crippen LogP contribution in [0.4, 0.5) is 0 Å². The van der Waals surface area contributed by atoms with Crippen molar-refractivity contribution in [2.24, 2.45) is 0 Å². The number of aryl methyl sites for hydroxylation is 1. The fourth-order valence-electron chi connectivity index (χ4n) is 3.24. The first-order valence-corrected chi connectivity index (χ1v) is 6.89. The van der Waals surface area contributed by atoms with Crippen LogP contribution in [0, 0.1) is 6.92 Å². The van der Waals surface area contributed by atoms with Crippen molar-refractivity contribution < 1.29 is 0 Å². The summed E-state index contributed by atoms with van der Waals surface area (Å²) in [6.45, 7) is 6.56. The van der Waals surface area contributed by atoms with Gasteiger partial charge in [0.2, 0.25) is 0 Å². The maximum Gasteiger partial charge on any atom is 0.140 e. The van der Waals surface area contributed by atoms with E-state index in [2.05, 4.69) is 33.9 Å². The summed E-state index contributed by atoms with van der Waals surface area (Å²) in [6.07, 6.45) is 6.28. The monoisotopic (exact) mass is 234 g/mol. The first-order valence-electron chi connectivity index (χ1n) is 6.89. The first-order chi connectivity index (χ1) is 8.27. The van der Waals surface area contributed by atoms with Crippen LogP contribution in [0.1, 0.15) is 56.7 Å². The summed E-state index contributed by atoms with van der Waals surface area (Å²) in [4.78, 5) is 0. The standard InChI is InChI=1S/C13H22N4/c1-3-6-13(7-8-14-9-13)12-16-15-10(2)17(12)11-4-5-11/h11,14H,3-9H2,1-2H3. The van der Waals surface area contributed by atoms with Crippen molar-refractivity contribution in [2.75, 3.05) is 13.1 Å². The highest BCUT2D eigenvalue weighted by atomic mass is 15.3. The van der Waals surface area contributed by atoms with E-state index in [1.807, 2.05) is 0 Å². The van der Waals surface area contributed by atoms with Gasteiger partial charge in [0.1, 0.15) is 11.6 Å². The Morgan fingerprint density at radius 3 is 2.82 bits per heavy atom. The summed E-state index contributed by atoms with van der Waals surface area (Å²) in [5.74, 6) is 2.36. The predicted octanol–water partition coefficient (Wildman–Crippen LogP) is 1.95. The van der Waals surface area contributed by atoms with Crippen LogP contribution in [0.15, 0.2) is 0 Å². The molecule has 4 heteroatoms. The normalized spacial score (nSPS) is 28.8. The minimum Gasteiger partial charge on any atom is -0.316 e. The van der Waals surface area contributed by atoms with Crippen molar-refractivity contribution in [1.29, 1.82) is 0 Å². The molecule has 0 aromatic carbocycles. The van der Waals surface area contributed by atoms with E-state index in [1.54, 1.807) is 0 Å². The van der Waals surface area contributed by atoms with E-state index in [4.69, 9.17) is 0 Å². The molecule has 1 aromatic rings. The molecule has 94 valence electrons. The van der Waals surface area contributed by atoms with E-state index in [1.165, 1.54) is 37.9 Å². The number of aromatic nitrogens is 3. The third-order valence-electron chi connectivity index (χ3n) is 4.22. The third-order valence-corrected chi connectivity index (χ3v) is 4.22. The maximum atomic E-state index is 4.52. The number of hydrogen-bond donors (Lipinski definition) is 1. The van der Waals surface area contributed by atoms with Crippen molar-refractivity contribution in [2.45, 2.75) is 57.4 Å². The number of hydrogen-bond acceptors (Lipinski definition) is 3. The molecule has 1 N–H and O–H groups in total. The van der Waals surface area contributed by atoms with E-state index in [0.29, 0.717) is 6.04 Å². The van der Waals surface area contributed by atoms with Gasteiger partial charge in [0.25, 0.3) is 0 Å². The van der Waals surface area contributed by atoms with E-state index >= 15 is 0 Å². The molecule has 1 aliphatic heterocycles. The van der Waals surface area contributed by atoms with Crippen LogP contribution in [0.5, 0.6) is 0 Å². The molecule has 0 radical (unpaired) electrons.